The van der Waals surface area contributed by atoms with Crippen LogP contribution in [0.2, 0.25) is 0 Å². The zero-order valence-corrected chi connectivity index (χ0v) is 46.9. The first-order chi connectivity index (χ1) is 35.9. The fourth-order valence-corrected chi connectivity index (χ4v) is 10.3. The van der Waals surface area contributed by atoms with E-state index in [1.807, 2.05) is 48.7 Å². The van der Waals surface area contributed by atoms with Crippen LogP contribution in [0.15, 0.2) is 170 Å². The third kappa shape index (κ3) is 9.98. The first-order valence-electron chi connectivity index (χ1n) is 25.9. The molecule has 5 nitrogen and oxygen atoms in total. The topological polar surface area (TPSA) is 33.5 Å². The maximum Gasteiger partial charge on any atom is 0.135 e. The van der Waals surface area contributed by atoms with Gasteiger partial charge in [0.2, 0.25) is 0 Å². The van der Waals surface area contributed by atoms with Crippen LogP contribution in [-0.2, 0) is 31.9 Å². The minimum atomic E-state index is -0.640. The molecule has 76 heavy (non-hydrogen) atoms. The van der Waals surface area contributed by atoms with Crippen LogP contribution in [0, 0.1) is 30.4 Å². The van der Waals surface area contributed by atoms with Crippen LogP contribution in [0.25, 0.3) is 61.0 Å². The van der Waals surface area contributed by atoms with Crippen molar-refractivity contribution in [1.29, 1.82) is 0 Å². The van der Waals surface area contributed by atoms with Crippen LogP contribution in [0.5, 0.6) is 11.5 Å². The van der Waals surface area contributed by atoms with Gasteiger partial charge in [-0.25, -0.2) is 13.8 Å². The molecule has 0 amide bonds. The number of aromatic nitrogens is 2. The largest absolute Gasteiger partial charge is 0.509 e. The number of benzene rings is 8. The van der Waals surface area contributed by atoms with E-state index in [2.05, 4.69) is 206 Å². The van der Waals surface area contributed by atoms with Crippen molar-refractivity contribution in [3.63, 3.8) is 0 Å². The van der Waals surface area contributed by atoms with Gasteiger partial charge in [-0.2, -0.15) is 6.07 Å². The Morgan fingerprint density at radius 3 is 1.78 bits per heavy atom. The normalized spacial score (nSPS) is 12.8. The van der Waals surface area contributed by atoms with Gasteiger partial charge in [-0.05, 0) is 122 Å². The van der Waals surface area contributed by atoms with Gasteiger partial charge in [0.05, 0.1) is 0 Å². The Balaban J connectivity index is 0.00000657. The molecule has 3 heterocycles. The maximum atomic E-state index is 15.5. The Hall–Kier alpha value is -7.34. The molecule has 2 aromatic heterocycles. The summed E-state index contributed by atoms with van der Waals surface area (Å²) in [6.45, 7) is 24.1. The third-order valence-electron chi connectivity index (χ3n) is 14.5. The number of nitrogens with zero attached hydrogens (tertiary/aromatic N) is 4. The second-order valence-corrected chi connectivity index (χ2v) is 22.5. The Kier molecular flexibility index (Phi) is 13.9. The average Bonchev–Trinajstić information content (AvgIpc) is 3.98. The van der Waals surface area contributed by atoms with Gasteiger partial charge in [0.25, 0.3) is 0 Å². The summed E-state index contributed by atoms with van der Waals surface area (Å²) in [5.74, 6) is 1.08. The van der Waals surface area contributed by atoms with Crippen molar-refractivity contribution in [3.8, 4) is 50.7 Å². The van der Waals surface area contributed by atoms with Crippen molar-refractivity contribution in [1.82, 2.24) is 9.55 Å². The van der Waals surface area contributed by atoms with Crippen molar-refractivity contribution in [3.05, 3.63) is 223 Å². The summed E-state index contributed by atoms with van der Waals surface area (Å²) in [6.07, 6.45) is 1.88. The van der Waals surface area contributed by atoms with Crippen LogP contribution in [0.3, 0.4) is 0 Å². The summed E-state index contributed by atoms with van der Waals surface area (Å²) in [5.41, 5.74) is 14.6. The summed E-state index contributed by atoms with van der Waals surface area (Å²) < 4.78 is 40.2. The molecule has 386 valence electrons. The monoisotopic (exact) mass is 1180 g/mol. The Bertz CT molecular complexity index is 3760. The van der Waals surface area contributed by atoms with Gasteiger partial charge in [-0.15, -0.1) is 53.6 Å². The first-order valence-corrected chi connectivity index (χ1v) is 25.9. The second kappa shape index (κ2) is 20.3. The van der Waals surface area contributed by atoms with Crippen LogP contribution in [0.1, 0.15) is 103 Å². The zero-order valence-electron chi connectivity index (χ0n) is 44.7. The molecule has 0 spiro atoms. The molecule has 8 aromatic carbocycles. The Labute approximate surface area is 461 Å². The zero-order chi connectivity index (χ0) is 52.5. The standard InChI is InChI=1S/C68H61F2N4O.Pt/c1-42(2)45-28-46(43(3)4)30-48(29-45)59-35-51(68(8,9)10)36-60(49-31-52(69)38-53(70)32-49)66(59)73-41-72(62-22-16-17-23-63(62)73)54-33-47(44-18-12-11-13-19-44)34-56(39-54)75-55-24-25-58-57-20-14-15-21-61(57)74(64(58)40-55)65-37-50(26-27-71-65)67(5,6)7;/h11-38,41-43H,1-10H3;/q-3;. The summed E-state index contributed by atoms with van der Waals surface area (Å²) in [6, 6.07) is 61.8. The molecular weight excluding hydrogens is 1120 g/mol. The molecule has 1 aliphatic heterocycles. The number of hydrogen-bond donors (Lipinski definition) is 0. The van der Waals surface area contributed by atoms with E-state index in [-0.39, 0.29) is 43.7 Å². The summed E-state index contributed by atoms with van der Waals surface area (Å²) in [7, 11) is 0. The second-order valence-electron chi connectivity index (χ2n) is 22.5. The minimum absolute atomic E-state index is 0. The number of halogens is 2. The van der Waals surface area contributed by atoms with E-state index >= 15 is 8.78 Å². The Morgan fingerprint density at radius 1 is 0.526 bits per heavy atom. The van der Waals surface area contributed by atoms with Crippen molar-refractivity contribution in [2.45, 2.75) is 91.9 Å². The molecule has 0 saturated carbocycles. The molecule has 0 unspecified atom stereocenters. The van der Waals surface area contributed by atoms with Gasteiger partial charge in [0.1, 0.15) is 17.5 Å². The van der Waals surface area contributed by atoms with Crippen molar-refractivity contribution >= 4 is 44.6 Å². The smallest absolute Gasteiger partial charge is 0.135 e. The van der Waals surface area contributed by atoms with Crippen LogP contribution < -0.4 is 14.5 Å². The molecule has 0 atom stereocenters. The summed E-state index contributed by atoms with van der Waals surface area (Å²) in [5, 5.41) is 2.14. The first kappa shape index (κ1) is 52.1. The Morgan fingerprint density at radius 2 is 1.13 bits per heavy atom. The maximum absolute atomic E-state index is 15.5. The van der Waals surface area contributed by atoms with Crippen LogP contribution >= 0.6 is 0 Å². The molecular formula is C68H61F2N4OPt-3. The molecule has 0 N–H and O–H groups in total. The predicted octanol–water partition coefficient (Wildman–Crippen LogP) is 19.1. The van der Waals surface area contributed by atoms with Gasteiger partial charge >= 0.3 is 0 Å². The summed E-state index contributed by atoms with van der Waals surface area (Å²) in [4.78, 5) is 9.21. The number of rotatable bonds is 10. The molecule has 0 fully saturated rings. The predicted molar refractivity (Wildman–Crippen MR) is 306 cm³/mol. The van der Waals surface area contributed by atoms with Crippen molar-refractivity contribution in [2.75, 3.05) is 9.80 Å². The van der Waals surface area contributed by atoms with E-state index in [9.17, 15) is 0 Å². The fraction of sp³-hybridized carbons (Fsp3) is 0.206. The molecule has 10 aromatic rings. The molecule has 0 aliphatic carbocycles. The van der Waals surface area contributed by atoms with Crippen LogP contribution in [-0.4, -0.2) is 9.55 Å². The van der Waals surface area contributed by atoms with E-state index in [1.54, 1.807) is 0 Å². The summed E-state index contributed by atoms with van der Waals surface area (Å²) >= 11 is 0. The average molecular weight is 1180 g/mol. The van der Waals surface area contributed by atoms with Gasteiger partial charge < -0.3 is 19.1 Å². The van der Waals surface area contributed by atoms with Crippen molar-refractivity contribution < 1.29 is 34.6 Å². The third-order valence-corrected chi connectivity index (χ3v) is 14.5. The van der Waals surface area contributed by atoms with E-state index in [0.29, 0.717) is 22.6 Å². The van der Waals surface area contributed by atoms with E-state index in [4.69, 9.17) is 9.72 Å². The number of fused-ring (bicyclic) bond motifs is 4. The van der Waals surface area contributed by atoms with Gasteiger partial charge in [0, 0.05) is 78.5 Å². The molecule has 0 radical (unpaired) electrons. The van der Waals surface area contributed by atoms with E-state index < -0.39 is 11.6 Å². The van der Waals surface area contributed by atoms with Crippen molar-refractivity contribution in [2.24, 2.45) is 0 Å². The van der Waals surface area contributed by atoms with Gasteiger partial charge in [-0.3, -0.25) is 0 Å². The molecule has 1 aliphatic rings. The van der Waals surface area contributed by atoms with E-state index in [0.717, 1.165) is 84.3 Å². The quantitative estimate of drug-likeness (QED) is 0.128. The van der Waals surface area contributed by atoms with Gasteiger partial charge in [0.15, 0.2) is 0 Å². The molecule has 0 saturated heterocycles. The van der Waals surface area contributed by atoms with E-state index in [1.165, 1.54) is 28.8 Å². The molecule has 8 heteroatoms. The number of ether oxygens (including phenoxy) is 1. The SMILES string of the molecule is CC(C)c1cc(-c2cc(C(C)(C)C)cc(-c3cc(F)cc(F)c3)c2N2[CH-]N(c3[c-]c(Oc4[c-]c5c(cc4)c4ccccc4n5-c4cc(C(C)(C)C)ccn4)cc(-c4ccccc4)c3)c3ccccc32)cc(C(C)C)c1.[Pt]. The molecule has 11 rings (SSSR count). The number of para-hydroxylation sites is 3. The molecule has 0 bridgehead atoms. The minimum Gasteiger partial charge on any atom is -0.509 e. The number of hydrogen-bond acceptors (Lipinski definition) is 4. The number of pyridine rings is 1. The fourth-order valence-electron chi connectivity index (χ4n) is 10.3. The van der Waals surface area contributed by atoms with Gasteiger partial charge in [-0.1, -0.05) is 154 Å². The van der Waals surface area contributed by atoms with Crippen LogP contribution in [0.4, 0.5) is 31.5 Å². The number of anilines is 4.